The minimum atomic E-state index is 0.647. The Morgan fingerprint density at radius 2 is 2.05 bits per heavy atom. The van der Waals surface area contributed by atoms with Gasteiger partial charge in [0.1, 0.15) is 0 Å². The Hall–Kier alpha value is -1.07. The number of rotatable bonds is 6. The minimum absolute atomic E-state index is 0.647. The molecular weight excluding hydrogens is 309 g/mol. The molecule has 0 bridgehead atoms. The Morgan fingerprint density at radius 1 is 1.29 bits per heavy atom. The van der Waals surface area contributed by atoms with Gasteiger partial charge in [-0.1, -0.05) is 29.3 Å². The first-order valence-electron chi connectivity index (χ1n) is 6.75. The van der Waals surface area contributed by atoms with E-state index in [0.29, 0.717) is 23.2 Å². The van der Waals surface area contributed by atoms with Crippen LogP contribution in [-0.2, 0) is 11.3 Å². The van der Waals surface area contributed by atoms with Gasteiger partial charge in [0.05, 0.1) is 28.7 Å². The summed E-state index contributed by atoms with van der Waals surface area (Å²) in [7, 11) is 1.68. The highest BCUT2D eigenvalue weighted by molar-refractivity contribution is 6.32. The fraction of sp³-hybridized carbons (Fsp3) is 0.400. The third kappa shape index (κ3) is 3.58. The molecule has 114 valence electrons. The Morgan fingerprint density at radius 3 is 2.67 bits per heavy atom. The second-order valence-corrected chi connectivity index (χ2v) is 5.59. The molecule has 0 unspecified atom stereocenters. The first kappa shape index (κ1) is 16.3. The summed E-state index contributed by atoms with van der Waals surface area (Å²) in [6.07, 6.45) is 0. The SMILES string of the molecule is COCCNCc1c(Cl)cccc1-n1nc(C)c(Cl)c1C. The maximum Gasteiger partial charge on any atom is 0.0848 e. The average Bonchev–Trinajstić information content (AvgIpc) is 2.72. The molecular formula is C15H19Cl2N3O. The topological polar surface area (TPSA) is 39.1 Å². The number of nitrogens with zero attached hydrogens (tertiary/aromatic N) is 2. The second-order valence-electron chi connectivity index (χ2n) is 4.80. The lowest BCUT2D eigenvalue weighted by Crippen LogP contribution is -2.20. The lowest BCUT2D eigenvalue weighted by Gasteiger charge is -2.13. The minimum Gasteiger partial charge on any atom is -0.383 e. The first-order valence-corrected chi connectivity index (χ1v) is 7.51. The summed E-state index contributed by atoms with van der Waals surface area (Å²) in [5, 5.41) is 9.21. The lowest BCUT2D eigenvalue weighted by atomic mass is 10.1. The number of aryl methyl sites for hydroxylation is 1. The van der Waals surface area contributed by atoms with Gasteiger partial charge in [-0.2, -0.15) is 5.10 Å². The van der Waals surface area contributed by atoms with Crippen molar-refractivity contribution in [2.24, 2.45) is 0 Å². The number of nitrogens with one attached hydrogen (secondary N) is 1. The van der Waals surface area contributed by atoms with Gasteiger partial charge in [0, 0.05) is 30.8 Å². The van der Waals surface area contributed by atoms with Crippen molar-refractivity contribution in [1.29, 1.82) is 0 Å². The van der Waals surface area contributed by atoms with Crippen LogP contribution in [0.4, 0.5) is 0 Å². The fourth-order valence-corrected chi connectivity index (χ4v) is 2.52. The summed E-state index contributed by atoms with van der Waals surface area (Å²) in [5.74, 6) is 0. The monoisotopic (exact) mass is 327 g/mol. The predicted octanol–water partition coefficient (Wildman–Crippen LogP) is 3.53. The Bertz CT molecular complexity index is 626. The number of benzene rings is 1. The molecule has 0 saturated heterocycles. The van der Waals surface area contributed by atoms with Crippen molar-refractivity contribution in [3.8, 4) is 5.69 Å². The Kier molecular flexibility index (Phi) is 5.65. The van der Waals surface area contributed by atoms with Crippen LogP contribution in [0.5, 0.6) is 0 Å². The van der Waals surface area contributed by atoms with Crippen molar-refractivity contribution in [1.82, 2.24) is 15.1 Å². The van der Waals surface area contributed by atoms with Gasteiger partial charge < -0.3 is 10.1 Å². The van der Waals surface area contributed by atoms with E-state index in [9.17, 15) is 0 Å². The van der Waals surface area contributed by atoms with Crippen LogP contribution in [0.25, 0.3) is 5.69 Å². The molecule has 0 amide bonds. The number of hydrogen-bond acceptors (Lipinski definition) is 3. The normalized spacial score (nSPS) is 11.1. The van der Waals surface area contributed by atoms with E-state index in [1.54, 1.807) is 7.11 Å². The molecule has 1 aromatic carbocycles. The second kappa shape index (κ2) is 7.27. The van der Waals surface area contributed by atoms with Crippen molar-refractivity contribution >= 4 is 23.2 Å². The molecule has 0 aliphatic heterocycles. The molecule has 0 aliphatic carbocycles. The lowest BCUT2D eigenvalue weighted by molar-refractivity contribution is 0.199. The molecule has 2 aromatic rings. The molecule has 4 nitrogen and oxygen atoms in total. The summed E-state index contributed by atoms with van der Waals surface area (Å²) >= 11 is 12.6. The Balaban J connectivity index is 2.34. The molecule has 0 atom stereocenters. The number of hydrogen-bond donors (Lipinski definition) is 1. The fourth-order valence-electron chi connectivity index (χ4n) is 2.17. The quantitative estimate of drug-likeness (QED) is 0.825. The van der Waals surface area contributed by atoms with E-state index in [1.165, 1.54) is 0 Å². The number of ether oxygens (including phenoxy) is 1. The Labute approximate surface area is 135 Å². The standard InChI is InChI=1S/C15H19Cl2N3O/c1-10-15(17)11(2)20(19-10)14-6-4-5-13(16)12(14)9-18-7-8-21-3/h4-6,18H,7-9H2,1-3H3. The van der Waals surface area contributed by atoms with Crippen LogP contribution in [0.1, 0.15) is 17.0 Å². The van der Waals surface area contributed by atoms with Crippen LogP contribution < -0.4 is 5.32 Å². The number of halogens is 2. The molecule has 0 aliphatic rings. The molecule has 0 fully saturated rings. The summed E-state index contributed by atoms with van der Waals surface area (Å²) in [6, 6.07) is 5.79. The maximum absolute atomic E-state index is 6.35. The summed E-state index contributed by atoms with van der Waals surface area (Å²) in [6.45, 7) is 5.91. The highest BCUT2D eigenvalue weighted by Crippen LogP contribution is 2.27. The van der Waals surface area contributed by atoms with E-state index < -0.39 is 0 Å². The average molecular weight is 328 g/mol. The van der Waals surface area contributed by atoms with Crippen LogP contribution in [0.15, 0.2) is 18.2 Å². The van der Waals surface area contributed by atoms with E-state index in [2.05, 4.69) is 10.4 Å². The highest BCUT2D eigenvalue weighted by atomic mass is 35.5. The van der Waals surface area contributed by atoms with Crippen LogP contribution in [0, 0.1) is 13.8 Å². The summed E-state index contributed by atoms with van der Waals surface area (Å²) in [4.78, 5) is 0. The van der Waals surface area contributed by atoms with E-state index >= 15 is 0 Å². The zero-order valence-corrected chi connectivity index (χ0v) is 13.9. The smallest absolute Gasteiger partial charge is 0.0848 e. The van der Waals surface area contributed by atoms with Gasteiger partial charge in [0.15, 0.2) is 0 Å². The summed E-state index contributed by atoms with van der Waals surface area (Å²) < 4.78 is 6.88. The van der Waals surface area contributed by atoms with Crippen LogP contribution >= 0.6 is 23.2 Å². The summed E-state index contributed by atoms with van der Waals surface area (Å²) in [5.41, 5.74) is 3.67. The molecule has 1 heterocycles. The largest absolute Gasteiger partial charge is 0.383 e. The van der Waals surface area contributed by atoms with E-state index in [0.717, 1.165) is 29.2 Å². The van der Waals surface area contributed by atoms with Crippen molar-refractivity contribution in [2.75, 3.05) is 20.3 Å². The van der Waals surface area contributed by atoms with Gasteiger partial charge in [0.2, 0.25) is 0 Å². The zero-order chi connectivity index (χ0) is 15.4. The number of aromatic nitrogens is 2. The molecule has 1 N–H and O–H groups in total. The molecule has 0 radical (unpaired) electrons. The van der Waals surface area contributed by atoms with Gasteiger partial charge in [-0.3, -0.25) is 0 Å². The molecule has 0 saturated carbocycles. The van der Waals surface area contributed by atoms with Crippen molar-refractivity contribution in [2.45, 2.75) is 20.4 Å². The molecule has 2 rings (SSSR count). The van der Waals surface area contributed by atoms with Crippen molar-refractivity contribution in [3.05, 3.63) is 45.2 Å². The molecule has 6 heteroatoms. The van der Waals surface area contributed by atoms with E-state index in [-0.39, 0.29) is 0 Å². The van der Waals surface area contributed by atoms with E-state index in [1.807, 2.05) is 36.7 Å². The first-order chi connectivity index (χ1) is 10.1. The van der Waals surface area contributed by atoms with Crippen molar-refractivity contribution in [3.63, 3.8) is 0 Å². The van der Waals surface area contributed by atoms with Gasteiger partial charge in [-0.05, 0) is 26.0 Å². The molecule has 21 heavy (non-hydrogen) atoms. The van der Waals surface area contributed by atoms with Gasteiger partial charge >= 0.3 is 0 Å². The van der Waals surface area contributed by atoms with Crippen LogP contribution in [0.2, 0.25) is 10.0 Å². The third-order valence-corrected chi connectivity index (χ3v) is 4.21. The van der Waals surface area contributed by atoms with Gasteiger partial charge in [-0.25, -0.2) is 4.68 Å². The zero-order valence-electron chi connectivity index (χ0n) is 12.4. The third-order valence-electron chi connectivity index (χ3n) is 3.31. The molecule has 1 aromatic heterocycles. The molecule has 0 spiro atoms. The van der Waals surface area contributed by atoms with Gasteiger partial charge in [-0.15, -0.1) is 0 Å². The van der Waals surface area contributed by atoms with Crippen LogP contribution in [0.3, 0.4) is 0 Å². The van der Waals surface area contributed by atoms with Gasteiger partial charge in [0.25, 0.3) is 0 Å². The maximum atomic E-state index is 6.35. The highest BCUT2D eigenvalue weighted by Gasteiger charge is 2.15. The predicted molar refractivity (Wildman–Crippen MR) is 86.6 cm³/mol. The number of methoxy groups -OCH3 is 1. The van der Waals surface area contributed by atoms with Crippen molar-refractivity contribution < 1.29 is 4.74 Å². The van der Waals surface area contributed by atoms with Crippen LogP contribution in [-0.4, -0.2) is 30.0 Å². The van der Waals surface area contributed by atoms with E-state index in [4.69, 9.17) is 27.9 Å².